The molecule has 0 saturated carbocycles. The second-order valence-corrected chi connectivity index (χ2v) is 1.62. The van der Waals surface area contributed by atoms with E-state index >= 15 is 0 Å². The van der Waals surface area contributed by atoms with Gasteiger partial charge >= 0.3 is 0 Å². The summed E-state index contributed by atoms with van der Waals surface area (Å²) >= 11 is 0. The number of rotatable bonds is 2. The second kappa shape index (κ2) is 2.91. The lowest BCUT2D eigenvalue weighted by Gasteiger charge is -1.84. The van der Waals surface area contributed by atoms with Crippen molar-refractivity contribution in [3.63, 3.8) is 0 Å². The summed E-state index contributed by atoms with van der Waals surface area (Å²) in [7, 11) is 0. The van der Waals surface area contributed by atoms with Crippen LogP contribution in [0.1, 0.15) is 6.92 Å². The summed E-state index contributed by atoms with van der Waals surface area (Å²) in [5.74, 6) is 1.19. The van der Waals surface area contributed by atoms with Crippen LogP contribution < -0.4 is 0 Å². The molecule has 4 nitrogen and oxygen atoms in total. The Kier molecular flexibility index (Phi) is 1.94. The van der Waals surface area contributed by atoms with Crippen molar-refractivity contribution in [3.8, 4) is 0 Å². The van der Waals surface area contributed by atoms with Crippen LogP contribution in [-0.4, -0.2) is 22.9 Å². The molecule has 0 bridgehead atoms. The zero-order chi connectivity index (χ0) is 7.40. The summed E-state index contributed by atoms with van der Waals surface area (Å²) in [6, 6.07) is 0. The first kappa shape index (κ1) is 6.67. The van der Waals surface area contributed by atoms with Gasteiger partial charge < -0.3 is 4.98 Å². The van der Waals surface area contributed by atoms with Crippen molar-refractivity contribution in [2.24, 2.45) is 9.98 Å². The molecule has 0 aliphatic carbocycles. The van der Waals surface area contributed by atoms with Crippen LogP contribution in [-0.2, 0) is 0 Å². The molecule has 0 radical (unpaired) electrons. The highest BCUT2D eigenvalue weighted by molar-refractivity contribution is 5.64. The smallest absolute Gasteiger partial charge is 0.196 e. The second-order valence-electron chi connectivity index (χ2n) is 1.62. The number of aromatic nitrogens is 2. The minimum atomic E-state index is 0.581. The van der Waals surface area contributed by atoms with E-state index in [4.69, 9.17) is 0 Å². The molecule has 1 aromatic heterocycles. The Bertz CT molecular complexity index is 248. The van der Waals surface area contributed by atoms with Crippen LogP contribution >= 0.6 is 0 Å². The van der Waals surface area contributed by atoms with Crippen LogP contribution in [0.25, 0.3) is 0 Å². The molecular weight excluding hydrogens is 128 g/mol. The van der Waals surface area contributed by atoms with Gasteiger partial charge in [-0.05, 0) is 13.6 Å². The van der Waals surface area contributed by atoms with Crippen molar-refractivity contribution in [1.82, 2.24) is 9.97 Å². The fraction of sp³-hybridized carbons (Fsp3) is 0.167. The molecule has 0 aliphatic rings. The number of aromatic amines is 1. The van der Waals surface area contributed by atoms with E-state index in [1.165, 1.54) is 6.33 Å². The minimum absolute atomic E-state index is 0.581. The Morgan fingerprint density at radius 2 is 2.60 bits per heavy atom. The summed E-state index contributed by atoms with van der Waals surface area (Å²) in [6.07, 6.45) is 3.19. The molecule has 1 rings (SSSR count). The van der Waals surface area contributed by atoms with E-state index in [2.05, 4.69) is 26.7 Å². The highest BCUT2D eigenvalue weighted by atomic mass is 15.1. The van der Waals surface area contributed by atoms with E-state index in [0.29, 0.717) is 11.6 Å². The third kappa shape index (κ3) is 1.10. The third-order valence-electron chi connectivity index (χ3n) is 1.01. The summed E-state index contributed by atoms with van der Waals surface area (Å²) in [4.78, 5) is 14.3. The standard InChI is InChI=1S/C6H8N4/c1-3-8-6-5(7-2)9-4-10-6/h3-4H,2H2,1H3,(H,9,10)/b8-3-. The Morgan fingerprint density at radius 3 is 3.20 bits per heavy atom. The first-order chi connectivity index (χ1) is 4.88. The fourth-order valence-corrected chi connectivity index (χ4v) is 0.613. The number of aliphatic imine (C=N–C) groups is 2. The lowest BCUT2D eigenvalue weighted by atomic mass is 10.6. The van der Waals surface area contributed by atoms with Gasteiger partial charge in [0.1, 0.15) is 0 Å². The predicted molar refractivity (Wildman–Crippen MR) is 41.6 cm³/mol. The molecule has 4 heteroatoms. The Balaban J connectivity index is 3.00. The quantitative estimate of drug-likeness (QED) is 0.615. The zero-order valence-electron chi connectivity index (χ0n) is 5.70. The Morgan fingerprint density at radius 1 is 1.80 bits per heavy atom. The van der Waals surface area contributed by atoms with Crippen molar-refractivity contribution in [1.29, 1.82) is 0 Å². The molecule has 1 heterocycles. The van der Waals surface area contributed by atoms with Crippen LogP contribution in [0.2, 0.25) is 0 Å². The van der Waals surface area contributed by atoms with Crippen LogP contribution in [0.3, 0.4) is 0 Å². The van der Waals surface area contributed by atoms with E-state index in [9.17, 15) is 0 Å². The van der Waals surface area contributed by atoms with Crippen molar-refractivity contribution >= 4 is 24.6 Å². The molecule has 0 atom stereocenters. The average molecular weight is 136 g/mol. The van der Waals surface area contributed by atoms with Crippen molar-refractivity contribution in [2.45, 2.75) is 6.92 Å². The zero-order valence-corrected chi connectivity index (χ0v) is 5.70. The van der Waals surface area contributed by atoms with E-state index in [-0.39, 0.29) is 0 Å². The maximum Gasteiger partial charge on any atom is 0.196 e. The molecule has 1 aromatic rings. The third-order valence-corrected chi connectivity index (χ3v) is 1.01. The topological polar surface area (TPSA) is 53.4 Å². The van der Waals surface area contributed by atoms with Gasteiger partial charge in [-0.25, -0.2) is 15.0 Å². The lowest BCUT2D eigenvalue weighted by molar-refractivity contribution is 1.29. The van der Waals surface area contributed by atoms with Crippen molar-refractivity contribution < 1.29 is 0 Å². The number of imidazole rings is 1. The number of hydrogen-bond donors (Lipinski definition) is 1. The summed E-state index contributed by atoms with van der Waals surface area (Å²) < 4.78 is 0. The number of nitrogens with one attached hydrogen (secondary N) is 1. The molecule has 0 fully saturated rings. The molecule has 0 amide bonds. The molecule has 52 valence electrons. The maximum atomic E-state index is 3.94. The van der Waals surface area contributed by atoms with Gasteiger partial charge in [-0.2, -0.15) is 0 Å². The molecule has 0 saturated heterocycles. The van der Waals surface area contributed by atoms with Crippen LogP contribution in [0.5, 0.6) is 0 Å². The number of nitrogens with zero attached hydrogens (tertiary/aromatic N) is 3. The number of hydrogen-bond acceptors (Lipinski definition) is 3. The molecular formula is C6H8N4. The Labute approximate surface area is 58.7 Å². The first-order valence-corrected chi connectivity index (χ1v) is 2.87. The van der Waals surface area contributed by atoms with E-state index in [1.54, 1.807) is 6.21 Å². The highest BCUT2D eigenvalue weighted by Crippen LogP contribution is 2.20. The molecule has 1 N–H and O–H groups in total. The van der Waals surface area contributed by atoms with Gasteiger partial charge in [0, 0.05) is 6.21 Å². The largest absolute Gasteiger partial charge is 0.328 e. The number of H-pyrrole nitrogens is 1. The summed E-state index contributed by atoms with van der Waals surface area (Å²) in [5.41, 5.74) is 0. The SMILES string of the molecule is C=Nc1[nH]cnc1/N=C\C. The van der Waals surface area contributed by atoms with Gasteiger partial charge in [0.25, 0.3) is 0 Å². The highest BCUT2D eigenvalue weighted by Gasteiger charge is 1.97. The molecule has 10 heavy (non-hydrogen) atoms. The van der Waals surface area contributed by atoms with Crippen molar-refractivity contribution in [3.05, 3.63) is 6.33 Å². The van der Waals surface area contributed by atoms with E-state index in [1.807, 2.05) is 6.92 Å². The Hall–Kier alpha value is -1.45. The molecule has 0 aliphatic heterocycles. The summed E-state index contributed by atoms with van der Waals surface area (Å²) in [5, 5.41) is 0. The average Bonchev–Trinajstić information content (AvgIpc) is 2.36. The monoisotopic (exact) mass is 136 g/mol. The normalized spacial score (nSPS) is 10.5. The lowest BCUT2D eigenvalue weighted by Crippen LogP contribution is -1.63. The van der Waals surface area contributed by atoms with Crippen LogP contribution in [0.4, 0.5) is 11.6 Å². The first-order valence-electron chi connectivity index (χ1n) is 2.87. The molecule has 0 unspecified atom stereocenters. The van der Waals surface area contributed by atoms with Crippen molar-refractivity contribution in [2.75, 3.05) is 0 Å². The summed E-state index contributed by atoms with van der Waals surface area (Å²) in [6.45, 7) is 5.17. The van der Waals surface area contributed by atoms with Gasteiger partial charge in [0.15, 0.2) is 11.6 Å². The van der Waals surface area contributed by atoms with Gasteiger partial charge in [0.2, 0.25) is 0 Å². The molecule has 0 spiro atoms. The van der Waals surface area contributed by atoms with Crippen LogP contribution in [0, 0.1) is 0 Å². The molecule has 0 aromatic carbocycles. The maximum absolute atomic E-state index is 3.94. The minimum Gasteiger partial charge on any atom is -0.328 e. The van der Waals surface area contributed by atoms with Crippen LogP contribution in [0.15, 0.2) is 16.3 Å². The van der Waals surface area contributed by atoms with E-state index < -0.39 is 0 Å². The van der Waals surface area contributed by atoms with Gasteiger partial charge in [-0.3, -0.25) is 0 Å². The van der Waals surface area contributed by atoms with E-state index in [0.717, 1.165) is 0 Å². The predicted octanol–water partition coefficient (Wildman–Crippen LogP) is 1.46. The van der Waals surface area contributed by atoms with Gasteiger partial charge in [0.05, 0.1) is 6.33 Å². The fourth-order valence-electron chi connectivity index (χ4n) is 0.613. The van der Waals surface area contributed by atoms with Gasteiger partial charge in [-0.15, -0.1) is 0 Å². The van der Waals surface area contributed by atoms with Gasteiger partial charge in [-0.1, -0.05) is 0 Å².